The summed E-state index contributed by atoms with van der Waals surface area (Å²) >= 11 is 5.33. The topological polar surface area (TPSA) is 24.9 Å². The summed E-state index contributed by atoms with van der Waals surface area (Å²) in [6, 6.07) is 7.40. The standard InChI is InChI=1S/C15H17BrN2S/c1-9-8-17-15(19-9)10(2)18-14-6-3-11-7-12(16)4-5-13(11)14/h4-5,7-8,10,14,18H,3,6H2,1-2H3. The number of halogens is 1. The van der Waals surface area contributed by atoms with Crippen LogP contribution in [0, 0.1) is 6.92 Å². The number of fused-ring (bicyclic) bond motifs is 1. The lowest BCUT2D eigenvalue weighted by molar-refractivity contribution is 0.464. The van der Waals surface area contributed by atoms with E-state index in [1.54, 1.807) is 11.3 Å². The second-order valence-electron chi connectivity index (χ2n) is 5.13. The van der Waals surface area contributed by atoms with Crippen LogP contribution in [0.4, 0.5) is 0 Å². The Morgan fingerprint density at radius 2 is 2.32 bits per heavy atom. The third-order valence-electron chi connectivity index (χ3n) is 3.64. The molecule has 0 saturated carbocycles. The molecule has 1 aromatic heterocycles. The maximum Gasteiger partial charge on any atom is 0.109 e. The van der Waals surface area contributed by atoms with Crippen LogP contribution in [0.2, 0.25) is 0 Å². The number of thiazole rings is 1. The van der Waals surface area contributed by atoms with E-state index in [0.29, 0.717) is 12.1 Å². The van der Waals surface area contributed by atoms with Crippen molar-refractivity contribution in [3.8, 4) is 0 Å². The third kappa shape index (κ3) is 2.76. The van der Waals surface area contributed by atoms with Gasteiger partial charge in [0.15, 0.2) is 0 Å². The molecule has 1 aliphatic carbocycles. The van der Waals surface area contributed by atoms with Gasteiger partial charge < -0.3 is 5.32 Å². The quantitative estimate of drug-likeness (QED) is 0.889. The first-order valence-electron chi connectivity index (χ1n) is 6.60. The first kappa shape index (κ1) is 13.3. The van der Waals surface area contributed by atoms with Crippen molar-refractivity contribution < 1.29 is 0 Å². The van der Waals surface area contributed by atoms with Crippen molar-refractivity contribution >= 4 is 27.3 Å². The van der Waals surface area contributed by atoms with E-state index in [-0.39, 0.29) is 0 Å². The van der Waals surface area contributed by atoms with E-state index in [0.717, 1.165) is 6.42 Å². The minimum atomic E-state index is 0.318. The average Bonchev–Trinajstić information content (AvgIpc) is 2.96. The Balaban J connectivity index is 1.76. The van der Waals surface area contributed by atoms with Crippen LogP contribution in [-0.2, 0) is 6.42 Å². The van der Waals surface area contributed by atoms with Crippen LogP contribution in [0.1, 0.15) is 46.4 Å². The average molecular weight is 337 g/mol. The van der Waals surface area contributed by atoms with Crippen molar-refractivity contribution in [3.63, 3.8) is 0 Å². The van der Waals surface area contributed by atoms with Crippen LogP contribution in [0.15, 0.2) is 28.9 Å². The lowest BCUT2D eigenvalue weighted by Gasteiger charge is -2.18. The molecule has 0 saturated heterocycles. The summed E-state index contributed by atoms with van der Waals surface area (Å²) in [4.78, 5) is 5.75. The van der Waals surface area contributed by atoms with Gasteiger partial charge in [-0.1, -0.05) is 22.0 Å². The van der Waals surface area contributed by atoms with E-state index in [1.165, 1.54) is 31.9 Å². The molecular weight excluding hydrogens is 320 g/mol. The first-order chi connectivity index (χ1) is 9.13. The van der Waals surface area contributed by atoms with E-state index < -0.39 is 0 Å². The minimum Gasteiger partial charge on any atom is -0.301 e. The van der Waals surface area contributed by atoms with Crippen LogP contribution in [0.3, 0.4) is 0 Å². The number of aryl methyl sites for hydroxylation is 2. The van der Waals surface area contributed by atoms with Crippen molar-refractivity contribution in [2.24, 2.45) is 0 Å². The molecule has 0 bridgehead atoms. The number of nitrogens with zero attached hydrogens (tertiary/aromatic N) is 1. The van der Waals surface area contributed by atoms with E-state index in [2.05, 4.69) is 58.3 Å². The predicted molar refractivity (Wildman–Crippen MR) is 83.6 cm³/mol. The van der Waals surface area contributed by atoms with E-state index in [4.69, 9.17) is 0 Å². The molecule has 1 aromatic carbocycles. The molecule has 4 heteroatoms. The fraction of sp³-hybridized carbons (Fsp3) is 0.400. The Bertz CT molecular complexity index is 594. The molecule has 3 rings (SSSR count). The lowest BCUT2D eigenvalue weighted by Crippen LogP contribution is -2.22. The molecule has 2 aromatic rings. The molecule has 1 aliphatic rings. The summed E-state index contributed by atoms with van der Waals surface area (Å²) in [6.07, 6.45) is 4.30. The van der Waals surface area contributed by atoms with Crippen molar-refractivity contribution in [1.29, 1.82) is 0 Å². The Labute approximate surface area is 126 Å². The number of nitrogens with one attached hydrogen (secondary N) is 1. The lowest BCUT2D eigenvalue weighted by atomic mass is 10.1. The number of hydrogen-bond acceptors (Lipinski definition) is 3. The third-order valence-corrected chi connectivity index (χ3v) is 5.23. The molecule has 2 nitrogen and oxygen atoms in total. The smallest absolute Gasteiger partial charge is 0.109 e. The highest BCUT2D eigenvalue weighted by atomic mass is 79.9. The van der Waals surface area contributed by atoms with E-state index in [1.807, 2.05) is 6.20 Å². The molecule has 1 N–H and O–H groups in total. The fourth-order valence-electron chi connectivity index (χ4n) is 2.70. The van der Waals surface area contributed by atoms with Gasteiger partial charge in [0.05, 0.1) is 6.04 Å². The Morgan fingerprint density at radius 1 is 1.47 bits per heavy atom. The summed E-state index contributed by atoms with van der Waals surface area (Å²) in [5.41, 5.74) is 2.91. The summed E-state index contributed by atoms with van der Waals surface area (Å²) in [7, 11) is 0. The SMILES string of the molecule is Cc1cnc(C(C)NC2CCc3cc(Br)ccc32)s1. The van der Waals surface area contributed by atoms with E-state index >= 15 is 0 Å². The Hall–Kier alpha value is -0.710. The van der Waals surface area contributed by atoms with Crippen LogP contribution in [0.5, 0.6) is 0 Å². The van der Waals surface area contributed by atoms with Crippen LogP contribution < -0.4 is 5.32 Å². The van der Waals surface area contributed by atoms with Crippen LogP contribution in [-0.4, -0.2) is 4.98 Å². The Kier molecular flexibility index (Phi) is 3.74. The van der Waals surface area contributed by atoms with Gasteiger partial charge in [0.25, 0.3) is 0 Å². The highest BCUT2D eigenvalue weighted by Crippen LogP contribution is 2.35. The zero-order valence-electron chi connectivity index (χ0n) is 11.1. The highest BCUT2D eigenvalue weighted by molar-refractivity contribution is 9.10. The zero-order valence-corrected chi connectivity index (χ0v) is 13.5. The second kappa shape index (κ2) is 5.35. The zero-order chi connectivity index (χ0) is 13.4. The molecule has 2 atom stereocenters. The van der Waals surface area contributed by atoms with Crippen molar-refractivity contribution in [2.75, 3.05) is 0 Å². The molecule has 0 radical (unpaired) electrons. The number of aromatic nitrogens is 1. The van der Waals surface area contributed by atoms with Gasteiger partial charge in [0.1, 0.15) is 5.01 Å². The second-order valence-corrected chi connectivity index (χ2v) is 7.31. The molecule has 100 valence electrons. The van der Waals surface area contributed by atoms with Gasteiger partial charge in [-0.15, -0.1) is 11.3 Å². The normalized spacial score (nSPS) is 19.4. The van der Waals surface area contributed by atoms with Crippen molar-refractivity contribution in [2.45, 2.75) is 38.8 Å². The molecule has 0 aliphatic heterocycles. The molecular formula is C15H17BrN2S. The molecule has 0 spiro atoms. The summed E-state index contributed by atoms with van der Waals surface area (Å²) < 4.78 is 1.18. The number of rotatable bonds is 3. The van der Waals surface area contributed by atoms with Crippen LogP contribution >= 0.6 is 27.3 Å². The molecule has 19 heavy (non-hydrogen) atoms. The molecule has 0 amide bonds. The largest absolute Gasteiger partial charge is 0.301 e. The number of benzene rings is 1. The maximum absolute atomic E-state index is 4.48. The molecule has 2 unspecified atom stereocenters. The minimum absolute atomic E-state index is 0.318. The summed E-state index contributed by atoms with van der Waals surface area (Å²) in [5, 5.41) is 4.90. The molecule has 0 fully saturated rings. The summed E-state index contributed by atoms with van der Waals surface area (Å²) in [6.45, 7) is 4.31. The van der Waals surface area contributed by atoms with Gasteiger partial charge >= 0.3 is 0 Å². The van der Waals surface area contributed by atoms with Gasteiger partial charge in [0, 0.05) is 21.6 Å². The first-order valence-corrected chi connectivity index (χ1v) is 8.21. The fourth-order valence-corrected chi connectivity index (χ4v) is 3.90. The van der Waals surface area contributed by atoms with Gasteiger partial charge in [-0.25, -0.2) is 4.98 Å². The molecule has 1 heterocycles. The van der Waals surface area contributed by atoms with E-state index in [9.17, 15) is 0 Å². The van der Waals surface area contributed by atoms with Crippen LogP contribution in [0.25, 0.3) is 0 Å². The number of hydrogen-bond donors (Lipinski definition) is 1. The van der Waals surface area contributed by atoms with Crippen molar-refractivity contribution in [3.05, 3.63) is 49.9 Å². The van der Waals surface area contributed by atoms with Gasteiger partial charge in [-0.05, 0) is 49.9 Å². The Morgan fingerprint density at radius 3 is 3.05 bits per heavy atom. The van der Waals surface area contributed by atoms with Gasteiger partial charge in [-0.2, -0.15) is 0 Å². The van der Waals surface area contributed by atoms with Gasteiger partial charge in [0.2, 0.25) is 0 Å². The summed E-state index contributed by atoms with van der Waals surface area (Å²) in [5.74, 6) is 0. The maximum atomic E-state index is 4.48. The van der Waals surface area contributed by atoms with Gasteiger partial charge in [-0.3, -0.25) is 0 Å². The predicted octanol–water partition coefficient (Wildman–Crippen LogP) is 4.55. The highest BCUT2D eigenvalue weighted by Gasteiger charge is 2.24. The monoisotopic (exact) mass is 336 g/mol. The van der Waals surface area contributed by atoms with Crippen molar-refractivity contribution in [1.82, 2.24) is 10.3 Å².